The second-order valence-corrected chi connectivity index (χ2v) is 5.17. The van der Waals surface area contributed by atoms with Crippen molar-refractivity contribution in [2.75, 3.05) is 19.8 Å². The lowest BCUT2D eigenvalue weighted by Gasteiger charge is -2.24. The van der Waals surface area contributed by atoms with Gasteiger partial charge in [0.05, 0.1) is 0 Å². The van der Waals surface area contributed by atoms with Crippen LogP contribution in [0.25, 0.3) is 0 Å². The van der Waals surface area contributed by atoms with Crippen molar-refractivity contribution in [3.63, 3.8) is 0 Å². The van der Waals surface area contributed by atoms with Crippen LogP contribution in [0.1, 0.15) is 31.4 Å². The summed E-state index contributed by atoms with van der Waals surface area (Å²) in [5.41, 5.74) is 1.29. The standard InChI is InChI=1S/C14H20ClNO/c1-11(13-2-4-14(15)5-3-13)16-10-12-6-8-17-9-7-12/h2-5,11-12,16H,6-10H2,1H3/t11-/m0/s1. The van der Waals surface area contributed by atoms with Gasteiger partial charge in [-0.05, 0) is 49.9 Å². The molecular formula is C14H20ClNO. The van der Waals surface area contributed by atoms with E-state index in [4.69, 9.17) is 16.3 Å². The normalized spacial score (nSPS) is 19.2. The van der Waals surface area contributed by atoms with E-state index in [2.05, 4.69) is 24.4 Å². The average Bonchev–Trinajstić information content (AvgIpc) is 2.38. The van der Waals surface area contributed by atoms with Gasteiger partial charge in [-0.2, -0.15) is 0 Å². The summed E-state index contributed by atoms with van der Waals surface area (Å²) in [6.07, 6.45) is 2.36. The summed E-state index contributed by atoms with van der Waals surface area (Å²) in [6.45, 7) is 5.11. The zero-order chi connectivity index (χ0) is 12.1. The van der Waals surface area contributed by atoms with Gasteiger partial charge < -0.3 is 10.1 Å². The Balaban J connectivity index is 1.80. The molecule has 1 fully saturated rings. The Morgan fingerprint density at radius 1 is 1.29 bits per heavy atom. The van der Waals surface area contributed by atoms with Gasteiger partial charge >= 0.3 is 0 Å². The minimum absolute atomic E-state index is 0.384. The van der Waals surface area contributed by atoms with E-state index in [0.717, 1.165) is 30.7 Å². The van der Waals surface area contributed by atoms with Crippen LogP contribution in [0, 0.1) is 5.92 Å². The molecule has 3 heteroatoms. The fraction of sp³-hybridized carbons (Fsp3) is 0.571. The van der Waals surface area contributed by atoms with E-state index in [1.54, 1.807) is 0 Å². The lowest BCUT2D eigenvalue weighted by atomic mass is 9.99. The average molecular weight is 254 g/mol. The summed E-state index contributed by atoms with van der Waals surface area (Å²) in [4.78, 5) is 0. The second kappa shape index (κ2) is 6.39. The first-order chi connectivity index (χ1) is 8.25. The van der Waals surface area contributed by atoms with Crippen LogP contribution in [0.3, 0.4) is 0 Å². The number of nitrogens with one attached hydrogen (secondary N) is 1. The van der Waals surface area contributed by atoms with E-state index in [0.29, 0.717) is 6.04 Å². The van der Waals surface area contributed by atoms with Gasteiger partial charge in [0.1, 0.15) is 0 Å². The third-order valence-electron chi connectivity index (χ3n) is 3.42. The molecule has 0 bridgehead atoms. The van der Waals surface area contributed by atoms with Crippen LogP contribution < -0.4 is 5.32 Å². The van der Waals surface area contributed by atoms with Gasteiger partial charge in [0.25, 0.3) is 0 Å². The Labute approximate surface area is 108 Å². The SMILES string of the molecule is C[C@H](NCC1CCOCC1)c1ccc(Cl)cc1. The lowest BCUT2D eigenvalue weighted by molar-refractivity contribution is 0.0656. The fourth-order valence-electron chi connectivity index (χ4n) is 2.16. The van der Waals surface area contributed by atoms with Gasteiger partial charge in [-0.1, -0.05) is 23.7 Å². The highest BCUT2D eigenvalue weighted by molar-refractivity contribution is 6.30. The van der Waals surface area contributed by atoms with Crippen LogP contribution in [-0.2, 0) is 4.74 Å². The zero-order valence-electron chi connectivity index (χ0n) is 10.3. The minimum Gasteiger partial charge on any atom is -0.381 e. The van der Waals surface area contributed by atoms with Gasteiger partial charge in [0.2, 0.25) is 0 Å². The number of rotatable bonds is 4. The van der Waals surface area contributed by atoms with Crippen molar-refractivity contribution >= 4 is 11.6 Å². The van der Waals surface area contributed by atoms with Crippen molar-refractivity contribution in [2.24, 2.45) is 5.92 Å². The van der Waals surface area contributed by atoms with Gasteiger partial charge in [0.15, 0.2) is 0 Å². The predicted octanol–water partition coefficient (Wildman–Crippen LogP) is 3.42. The topological polar surface area (TPSA) is 21.3 Å². The number of halogens is 1. The van der Waals surface area contributed by atoms with Crippen LogP contribution in [0.5, 0.6) is 0 Å². The van der Waals surface area contributed by atoms with E-state index in [1.807, 2.05) is 12.1 Å². The highest BCUT2D eigenvalue weighted by Gasteiger charge is 2.14. The molecule has 1 aliphatic heterocycles. The molecule has 17 heavy (non-hydrogen) atoms. The highest BCUT2D eigenvalue weighted by atomic mass is 35.5. The van der Waals surface area contributed by atoms with Gasteiger partial charge in [-0.3, -0.25) is 0 Å². The lowest BCUT2D eigenvalue weighted by Crippen LogP contribution is -2.29. The van der Waals surface area contributed by atoms with Crippen molar-refractivity contribution in [2.45, 2.75) is 25.8 Å². The molecule has 1 aromatic carbocycles. The molecule has 0 aliphatic carbocycles. The van der Waals surface area contributed by atoms with Crippen molar-refractivity contribution in [1.82, 2.24) is 5.32 Å². The van der Waals surface area contributed by atoms with Crippen LogP contribution in [0.15, 0.2) is 24.3 Å². The van der Waals surface area contributed by atoms with Crippen LogP contribution in [0.2, 0.25) is 5.02 Å². The zero-order valence-corrected chi connectivity index (χ0v) is 11.0. The summed E-state index contributed by atoms with van der Waals surface area (Å²) in [5, 5.41) is 4.39. The molecule has 0 radical (unpaired) electrons. The van der Waals surface area contributed by atoms with E-state index in [-0.39, 0.29) is 0 Å². The quantitative estimate of drug-likeness (QED) is 0.888. The molecule has 0 aromatic heterocycles. The Morgan fingerprint density at radius 3 is 2.59 bits per heavy atom. The van der Waals surface area contributed by atoms with Crippen LogP contribution in [0.4, 0.5) is 0 Å². The van der Waals surface area contributed by atoms with Gasteiger partial charge in [-0.25, -0.2) is 0 Å². The summed E-state index contributed by atoms with van der Waals surface area (Å²) in [5.74, 6) is 0.763. The number of hydrogen-bond acceptors (Lipinski definition) is 2. The molecule has 1 saturated heterocycles. The molecule has 1 aliphatic rings. The van der Waals surface area contributed by atoms with E-state index in [9.17, 15) is 0 Å². The molecule has 1 aromatic rings. The van der Waals surface area contributed by atoms with E-state index < -0.39 is 0 Å². The third kappa shape index (κ3) is 3.98. The molecule has 1 heterocycles. The smallest absolute Gasteiger partial charge is 0.0469 e. The third-order valence-corrected chi connectivity index (χ3v) is 3.68. The maximum atomic E-state index is 5.88. The molecule has 0 saturated carbocycles. The molecule has 1 N–H and O–H groups in total. The highest BCUT2D eigenvalue weighted by Crippen LogP contribution is 2.18. The van der Waals surface area contributed by atoms with Crippen molar-refractivity contribution in [3.05, 3.63) is 34.9 Å². The van der Waals surface area contributed by atoms with Gasteiger partial charge in [0, 0.05) is 24.3 Å². The summed E-state index contributed by atoms with van der Waals surface area (Å²) in [6, 6.07) is 8.45. The molecular weight excluding hydrogens is 234 g/mol. The first-order valence-corrected chi connectivity index (χ1v) is 6.70. The summed E-state index contributed by atoms with van der Waals surface area (Å²) >= 11 is 5.88. The van der Waals surface area contributed by atoms with E-state index >= 15 is 0 Å². The van der Waals surface area contributed by atoms with Crippen molar-refractivity contribution in [3.8, 4) is 0 Å². The number of benzene rings is 1. The minimum atomic E-state index is 0.384. The molecule has 2 rings (SSSR count). The Bertz CT molecular complexity index is 333. The Morgan fingerprint density at radius 2 is 1.94 bits per heavy atom. The van der Waals surface area contributed by atoms with Crippen LogP contribution >= 0.6 is 11.6 Å². The van der Waals surface area contributed by atoms with Gasteiger partial charge in [-0.15, -0.1) is 0 Å². The predicted molar refractivity (Wildman–Crippen MR) is 71.4 cm³/mol. The van der Waals surface area contributed by atoms with Crippen molar-refractivity contribution < 1.29 is 4.74 Å². The monoisotopic (exact) mass is 253 g/mol. The Hall–Kier alpha value is -0.570. The molecule has 0 amide bonds. The largest absolute Gasteiger partial charge is 0.381 e. The number of hydrogen-bond donors (Lipinski definition) is 1. The van der Waals surface area contributed by atoms with Crippen LogP contribution in [-0.4, -0.2) is 19.8 Å². The molecule has 0 spiro atoms. The maximum Gasteiger partial charge on any atom is 0.0469 e. The Kier molecular flexibility index (Phi) is 4.84. The molecule has 0 unspecified atom stereocenters. The second-order valence-electron chi connectivity index (χ2n) is 4.74. The fourth-order valence-corrected chi connectivity index (χ4v) is 2.29. The molecule has 94 valence electrons. The van der Waals surface area contributed by atoms with Crippen molar-refractivity contribution in [1.29, 1.82) is 0 Å². The molecule has 2 nitrogen and oxygen atoms in total. The maximum absolute atomic E-state index is 5.88. The molecule has 1 atom stereocenters. The number of ether oxygens (including phenoxy) is 1. The summed E-state index contributed by atoms with van der Waals surface area (Å²) in [7, 11) is 0. The first kappa shape index (κ1) is 12.9. The van der Waals surface area contributed by atoms with E-state index in [1.165, 1.54) is 18.4 Å². The first-order valence-electron chi connectivity index (χ1n) is 6.32. The summed E-state index contributed by atoms with van der Waals surface area (Å²) < 4.78 is 5.36.